The minimum atomic E-state index is -1.43. The van der Waals surface area contributed by atoms with E-state index in [1.807, 2.05) is 24.3 Å². The van der Waals surface area contributed by atoms with Crippen LogP contribution in [0.25, 0.3) is 11.0 Å². The molecule has 1 atom stereocenters. The third-order valence-corrected chi connectivity index (χ3v) is 14.2. The molecule has 1 unspecified atom stereocenters. The summed E-state index contributed by atoms with van der Waals surface area (Å²) < 4.78 is 20.0. The number of piperidine rings is 1. The molecule has 1 aliphatic heterocycles. The van der Waals surface area contributed by atoms with Gasteiger partial charge in [0.15, 0.2) is 5.58 Å². The van der Waals surface area contributed by atoms with Crippen LogP contribution in [-0.2, 0) is 24.0 Å². The van der Waals surface area contributed by atoms with Crippen LogP contribution in [0.1, 0.15) is 88.1 Å². The fourth-order valence-electron chi connectivity index (χ4n) is 9.33. The van der Waals surface area contributed by atoms with Crippen molar-refractivity contribution in [3.63, 3.8) is 0 Å². The fraction of sp³-hybridized carbons (Fsp3) is 0.458. The van der Waals surface area contributed by atoms with E-state index in [0.717, 1.165) is 66.0 Å². The SMILES string of the molecule is CN(C)Cc1c(OCc2ccc(C#N)cc2)ccc2c(CCC3CCN(CC4(C(O[Si](c5ccccc5)c5ccccc5)C(C)(C)C)CCCC4)CC3)noc12. The van der Waals surface area contributed by atoms with Crippen LogP contribution >= 0.6 is 0 Å². The van der Waals surface area contributed by atoms with E-state index in [1.54, 1.807) is 0 Å². The summed E-state index contributed by atoms with van der Waals surface area (Å²) >= 11 is 0. The molecule has 7 rings (SSSR count). The highest BCUT2D eigenvalue weighted by Crippen LogP contribution is 2.49. The van der Waals surface area contributed by atoms with Gasteiger partial charge < -0.3 is 23.5 Å². The van der Waals surface area contributed by atoms with Crippen LogP contribution in [0.3, 0.4) is 0 Å². The van der Waals surface area contributed by atoms with Gasteiger partial charge in [-0.05, 0) is 117 Å². The zero-order valence-corrected chi connectivity index (χ0v) is 35.1. The molecule has 293 valence electrons. The molecule has 4 aromatic carbocycles. The van der Waals surface area contributed by atoms with Crippen molar-refractivity contribution in [3.8, 4) is 11.8 Å². The highest BCUT2D eigenvalue weighted by atomic mass is 28.3. The normalized spacial score (nSPS) is 17.1. The predicted molar refractivity (Wildman–Crippen MR) is 228 cm³/mol. The van der Waals surface area contributed by atoms with Gasteiger partial charge in [-0.15, -0.1) is 0 Å². The number of hydrogen-bond acceptors (Lipinski definition) is 7. The average Bonchev–Trinajstić information content (AvgIpc) is 3.85. The predicted octanol–water partition coefficient (Wildman–Crippen LogP) is 8.78. The minimum absolute atomic E-state index is 0.0206. The van der Waals surface area contributed by atoms with Crippen molar-refractivity contribution in [3.05, 3.63) is 119 Å². The molecule has 0 bridgehead atoms. The average molecular weight is 768 g/mol. The maximum atomic E-state index is 9.15. The smallest absolute Gasteiger partial charge is 0.283 e. The summed E-state index contributed by atoms with van der Waals surface area (Å²) in [5.74, 6) is 1.48. The number of aromatic nitrogens is 1. The number of rotatable bonds is 15. The molecule has 8 heteroatoms. The number of nitriles is 1. The standard InChI is InChI=1S/C48H59N4O3Si/c1-47(2,3)46(55-56(39-14-8-6-9-15-39)40-16-10-7-11-17-40)48(28-12-13-29-48)35-52-30-26-36(27-31-52)22-24-43-41-23-25-44(42(33-51(4)5)45(41)54-50-43)53-34-38-20-18-37(32-49)19-21-38/h6-11,14-21,23,25,36,46H,12-13,22,24,26-31,33-35H2,1-5H3. The topological polar surface area (TPSA) is 74.8 Å². The first kappa shape index (κ1) is 40.0. The summed E-state index contributed by atoms with van der Waals surface area (Å²) in [6.45, 7) is 11.7. The highest BCUT2D eigenvalue weighted by molar-refractivity contribution is 6.80. The largest absolute Gasteiger partial charge is 0.488 e. The molecule has 2 fully saturated rings. The summed E-state index contributed by atoms with van der Waals surface area (Å²) in [6.07, 6.45) is 9.70. The Balaban J connectivity index is 0.999. The zero-order valence-electron chi connectivity index (χ0n) is 34.1. The summed E-state index contributed by atoms with van der Waals surface area (Å²) in [6, 6.07) is 35.9. The molecular weight excluding hydrogens is 709 g/mol. The molecular formula is C48H59N4O3Si. The van der Waals surface area contributed by atoms with Crippen molar-refractivity contribution in [1.82, 2.24) is 15.0 Å². The van der Waals surface area contributed by atoms with Crippen molar-refractivity contribution in [2.75, 3.05) is 33.7 Å². The van der Waals surface area contributed by atoms with E-state index in [1.165, 1.54) is 48.9 Å². The summed E-state index contributed by atoms with van der Waals surface area (Å²) in [4.78, 5) is 4.91. The third kappa shape index (κ3) is 9.46. The summed E-state index contributed by atoms with van der Waals surface area (Å²) in [5.41, 5.74) is 4.73. The molecule has 1 aromatic heterocycles. The number of benzene rings is 4. The molecule has 7 nitrogen and oxygen atoms in total. The monoisotopic (exact) mass is 767 g/mol. The lowest BCUT2D eigenvalue weighted by molar-refractivity contribution is -0.0501. The number of aryl methyl sites for hydroxylation is 1. The van der Waals surface area contributed by atoms with Gasteiger partial charge in [0.1, 0.15) is 12.4 Å². The van der Waals surface area contributed by atoms with Gasteiger partial charge in [-0.3, -0.25) is 0 Å². The van der Waals surface area contributed by atoms with Crippen LogP contribution < -0.4 is 15.1 Å². The molecule has 1 aliphatic carbocycles. The third-order valence-electron chi connectivity index (χ3n) is 12.0. The van der Waals surface area contributed by atoms with E-state index in [2.05, 4.69) is 129 Å². The first-order valence-electron chi connectivity index (χ1n) is 20.7. The second-order valence-electron chi connectivity index (χ2n) is 17.6. The second kappa shape index (κ2) is 17.9. The first-order chi connectivity index (χ1) is 27.1. The molecule has 2 heterocycles. The van der Waals surface area contributed by atoms with E-state index in [-0.39, 0.29) is 16.9 Å². The van der Waals surface area contributed by atoms with Crippen LogP contribution in [0.4, 0.5) is 0 Å². The Kier molecular flexibility index (Phi) is 12.8. The Morgan fingerprint density at radius 1 is 0.911 bits per heavy atom. The van der Waals surface area contributed by atoms with Crippen molar-refractivity contribution in [2.24, 2.45) is 16.7 Å². The van der Waals surface area contributed by atoms with Crippen LogP contribution in [0.5, 0.6) is 5.75 Å². The van der Waals surface area contributed by atoms with Gasteiger partial charge in [0.05, 0.1) is 29.0 Å². The number of nitrogens with zero attached hydrogens (tertiary/aromatic N) is 4. The van der Waals surface area contributed by atoms with Crippen LogP contribution in [0, 0.1) is 28.1 Å². The van der Waals surface area contributed by atoms with Crippen molar-refractivity contribution in [1.29, 1.82) is 5.26 Å². The molecule has 0 spiro atoms. The Morgan fingerprint density at radius 3 is 2.14 bits per heavy atom. The van der Waals surface area contributed by atoms with E-state index in [4.69, 9.17) is 18.9 Å². The lowest BCUT2D eigenvalue weighted by Gasteiger charge is -2.49. The Hall–Kier alpha value is -4.26. The summed E-state index contributed by atoms with van der Waals surface area (Å²) in [5, 5.41) is 17.5. The van der Waals surface area contributed by atoms with Gasteiger partial charge in [0.2, 0.25) is 0 Å². The molecule has 1 radical (unpaired) electrons. The van der Waals surface area contributed by atoms with Crippen molar-refractivity contribution >= 4 is 30.4 Å². The van der Waals surface area contributed by atoms with Crippen LogP contribution in [0.2, 0.25) is 0 Å². The molecule has 0 N–H and O–H groups in total. The number of ether oxygens (including phenoxy) is 1. The van der Waals surface area contributed by atoms with Gasteiger partial charge in [0.25, 0.3) is 9.04 Å². The Labute approximate surface area is 336 Å². The quantitative estimate of drug-likeness (QED) is 0.0987. The van der Waals surface area contributed by atoms with Gasteiger partial charge in [0, 0.05) is 23.9 Å². The van der Waals surface area contributed by atoms with E-state index in [0.29, 0.717) is 24.6 Å². The van der Waals surface area contributed by atoms with Gasteiger partial charge in [-0.1, -0.05) is 112 Å². The van der Waals surface area contributed by atoms with Crippen LogP contribution in [0.15, 0.2) is 102 Å². The number of fused-ring (bicyclic) bond motifs is 1. The summed E-state index contributed by atoms with van der Waals surface area (Å²) in [7, 11) is 2.70. The zero-order chi connectivity index (χ0) is 39.1. The van der Waals surface area contributed by atoms with Crippen molar-refractivity contribution < 1.29 is 13.7 Å². The lowest BCUT2D eigenvalue weighted by Crippen LogP contribution is -2.57. The van der Waals surface area contributed by atoms with Crippen molar-refractivity contribution in [2.45, 2.75) is 91.4 Å². The molecule has 5 aromatic rings. The number of hydrogen-bond donors (Lipinski definition) is 0. The Morgan fingerprint density at radius 2 is 1.55 bits per heavy atom. The molecule has 0 amide bonds. The minimum Gasteiger partial charge on any atom is -0.488 e. The number of likely N-dealkylation sites (tertiary alicyclic amines) is 1. The fourth-order valence-corrected chi connectivity index (χ4v) is 11.8. The maximum Gasteiger partial charge on any atom is 0.283 e. The van der Waals surface area contributed by atoms with E-state index >= 15 is 0 Å². The highest BCUT2D eigenvalue weighted by Gasteiger charge is 2.49. The molecule has 56 heavy (non-hydrogen) atoms. The first-order valence-corrected chi connectivity index (χ1v) is 22.1. The lowest BCUT2D eigenvalue weighted by atomic mass is 9.69. The maximum absolute atomic E-state index is 9.15. The van der Waals surface area contributed by atoms with Crippen LogP contribution in [-0.4, -0.2) is 63.8 Å². The van der Waals surface area contributed by atoms with Gasteiger partial charge >= 0.3 is 0 Å². The van der Waals surface area contributed by atoms with E-state index < -0.39 is 9.04 Å². The molecule has 1 saturated carbocycles. The molecule has 1 saturated heterocycles. The van der Waals surface area contributed by atoms with Gasteiger partial charge in [-0.25, -0.2) is 0 Å². The van der Waals surface area contributed by atoms with E-state index in [9.17, 15) is 0 Å². The molecule has 2 aliphatic rings. The van der Waals surface area contributed by atoms with Gasteiger partial charge in [-0.2, -0.15) is 5.26 Å². The second-order valence-corrected chi connectivity index (χ2v) is 19.7. The Bertz CT molecular complexity index is 2000.